The summed E-state index contributed by atoms with van der Waals surface area (Å²) in [5, 5.41) is 0. The van der Waals surface area contributed by atoms with Crippen LogP contribution in [0.5, 0.6) is 0 Å². The fourth-order valence-corrected chi connectivity index (χ4v) is 1.04. The Morgan fingerprint density at radius 1 is 1.33 bits per heavy atom. The zero-order chi connectivity index (χ0) is 9.35. The normalized spacial score (nSPS) is 12.1. The predicted molar refractivity (Wildman–Crippen MR) is 51.4 cm³/mol. The van der Waals surface area contributed by atoms with Gasteiger partial charge in [0.15, 0.2) is 0 Å². The third-order valence-corrected chi connectivity index (χ3v) is 2.65. The fraction of sp³-hybridized carbons (Fsp3) is 0.700. The van der Waals surface area contributed by atoms with Gasteiger partial charge in [-0.3, -0.25) is 0 Å². The molecule has 1 heterocycles. The van der Waals surface area contributed by atoms with Crippen LogP contribution < -0.4 is 0 Å². The van der Waals surface area contributed by atoms with E-state index in [2.05, 4.69) is 37.7 Å². The van der Waals surface area contributed by atoms with E-state index in [0.717, 1.165) is 17.9 Å². The molecule has 2 nitrogen and oxygen atoms in total. The summed E-state index contributed by atoms with van der Waals surface area (Å²) in [5.41, 5.74) is 2.48. The molecule has 1 rings (SSSR count). The van der Waals surface area contributed by atoms with Crippen LogP contribution >= 0.6 is 0 Å². The Kier molecular flexibility index (Phi) is 2.27. The van der Waals surface area contributed by atoms with Gasteiger partial charge < -0.3 is 4.98 Å². The smallest absolute Gasteiger partial charge is 0.112 e. The largest absolute Gasteiger partial charge is 0.345 e. The molecule has 12 heavy (non-hydrogen) atoms. The zero-order valence-corrected chi connectivity index (χ0v) is 8.65. The Morgan fingerprint density at radius 2 is 1.92 bits per heavy atom. The zero-order valence-electron chi connectivity index (χ0n) is 8.65. The van der Waals surface area contributed by atoms with Gasteiger partial charge in [-0.25, -0.2) is 4.98 Å². The van der Waals surface area contributed by atoms with Crippen LogP contribution in [0.3, 0.4) is 0 Å². The number of hydrogen-bond donors (Lipinski definition) is 1. The molecular formula is C10H18N2. The number of aromatic amines is 1. The van der Waals surface area contributed by atoms with Crippen LogP contribution in [0.4, 0.5) is 0 Å². The van der Waals surface area contributed by atoms with E-state index in [0.29, 0.717) is 0 Å². The van der Waals surface area contributed by atoms with E-state index in [1.807, 2.05) is 6.92 Å². The molecule has 0 aliphatic rings. The minimum Gasteiger partial charge on any atom is -0.345 e. The highest BCUT2D eigenvalue weighted by atomic mass is 14.9. The molecule has 2 heteroatoms. The van der Waals surface area contributed by atoms with Crippen LogP contribution in [-0.2, 0) is 5.41 Å². The molecule has 0 fully saturated rings. The number of H-pyrrole nitrogens is 1. The van der Waals surface area contributed by atoms with Crippen LogP contribution in [0, 0.1) is 13.8 Å². The highest BCUT2D eigenvalue weighted by Gasteiger charge is 2.21. The summed E-state index contributed by atoms with van der Waals surface area (Å²) in [6.45, 7) is 10.7. The van der Waals surface area contributed by atoms with E-state index < -0.39 is 0 Å². The highest BCUT2D eigenvalue weighted by molar-refractivity contribution is 5.15. The van der Waals surface area contributed by atoms with Crippen molar-refractivity contribution in [3.63, 3.8) is 0 Å². The van der Waals surface area contributed by atoms with Gasteiger partial charge in [-0.2, -0.15) is 0 Å². The lowest BCUT2D eigenvalue weighted by atomic mass is 9.90. The Bertz CT molecular complexity index is 252. The Labute approximate surface area is 74.4 Å². The number of nitrogens with zero attached hydrogens (tertiary/aromatic N) is 1. The van der Waals surface area contributed by atoms with Gasteiger partial charge in [-0.05, 0) is 20.3 Å². The van der Waals surface area contributed by atoms with E-state index in [1.54, 1.807) is 0 Å². The van der Waals surface area contributed by atoms with Gasteiger partial charge in [-0.1, -0.05) is 20.8 Å². The lowest BCUT2D eigenvalue weighted by Crippen LogP contribution is -2.17. The topological polar surface area (TPSA) is 28.7 Å². The molecule has 0 amide bonds. The van der Waals surface area contributed by atoms with E-state index >= 15 is 0 Å². The first-order valence-corrected chi connectivity index (χ1v) is 4.51. The van der Waals surface area contributed by atoms with E-state index in [-0.39, 0.29) is 5.41 Å². The van der Waals surface area contributed by atoms with Crippen molar-refractivity contribution in [2.24, 2.45) is 0 Å². The van der Waals surface area contributed by atoms with Crippen molar-refractivity contribution in [3.8, 4) is 0 Å². The van der Waals surface area contributed by atoms with Crippen molar-refractivity contribution in [1.29, 1.82) is 0 Å². The maximum absolute atomic E-state index is 4.50. The van der Waals surface area contributed by atoms with E-state index in [1.165, 1.54) is 5.69 Å². The summed E-state index contributed by atoms with van der Waals surface area (Å²) in [6.07, 6.45) is 1.11. The summed E-state index contributed by atoms with van der Waals surface area (Å²) in [6, 6.07) is 0. The van der Waals surface area contributed by atoms with Crippen LogP contribution in [0.1, 0.15) is 44.4 Å². The summed E-state index contributed by atoms with van der Waals surface area (Å²) in [4.78, 5) is 7.82. The van der Waals surface area contributed by atoms with Crippen LogP contribution in [0.15, 0.2) is 0 Å². The molecule has 0 aliphatic heterocycles. The summed E-state index contributed by atoms with van der Waals surface area (Å²) < 4.78 is 0. The number of aromatic nitrogens is 2. The van der Waals surface area contributed by atoms with E-state index in [4.69, 9.17) is 0 Å². The maximum Gasteiger partial charge on any atom is 0.112 e. The summed E-state index contributed by atoms with van der Waals surface area (Å²) in [7, 11) is 0. The molecule has 1 aromatic rings. The van der Waals surface area contributed by atoms with Crippen LogP contribution in [0.2, 0.25) is 0 Å². The van der Waals surface area contributed by atoms with Crippen LogP contribution in [-0.4, -0.2) is 9.97 Å². The molecule has 0 saturated heterocycles. The Hall–Kier alpha value is -0.790. The van der Waals surface area contributed by atoms with Crippen molar-refractivity contribution in [3.05, 3.63) is 17.2 Å². The number of nitrogens with one attached hydrogen (secondary N) is 1. The second kappa shape index (κ2) is 2.92. The van der Waals surface area contributed by atoms with Gasteiger partial charge in [0.05, 0.1) is 5.69 Å². The molecule has 0 spiro atoms. The molecule has 1 aromatic heterocycles. The first-order valence-electron chi connectivity index (χ1n) is 4.51. The van der Waals surface area contributed by atoms with Crippen molar-refractivity contribution in [2.75, 3.05) is 0 Å². The van der Waals surface area contributed by atoms with Gasteiger partial charge in [0, 0.05) is 11.1 Å². The monoisotopic (exact) mass is 166 g/mol. The lowest BCUT2D eigenvalue weighted by Gasteiger charge is -2.19. The molecular weight excluding hydrogens is 148 g/mol. The molecule has 0 unspecified atom stereocenters. The van der Waals surface area contributed by atoms with Crippen LogP contribution in [0.25, 0.3) is 0 Å². The fourth-order valence-electron chi connectivity index (χ4n) is 1.04. The number of aryl methyl sites for hydroxylation is 2. The second-order valence-corrected chi connectivity index (χ2v) is 4.03. The Balaban J connectivity index is 3.04. The minimum atomic E-state index is 0.180. The van der Waals surface area contributed by atoms with Crippen molar-refractivity contribution in [1.82, 2.24) is 9.97 Å². The molecule has 0 saturated carbocycles. The van der Waals surface area contributed by atoms with Crippen molar-refractivity contribution >= 4 is 0 Å². The molecule has 1 N–H and O–H groups in total. The van der Waals surface area contributed by atoms with Crippen molar-refractivity contribution in [2.45, 2.75) is 46.5 Å². The molecule has 0 aromatic carbocycles. The summed E-state index contributed by atoms with van der Waals surface area (Å²) >= 11 is 0. The standard InChI is InChI=1S/C10H18N2/c1-6-10(4,5)9-11-7(2)8(3)12-9/h6H2,1-5H3,(H,11,12). The van der Waals surface area contributed by atoms with Crippen molar-refractivity contribution < 1.29 is 0 Å². The molecule has 68 valence electrons. The second-order valence-electron chi connectivity index (χ2n) is 4.03. The average Bonchev–Trinajstić information content (AvgIpc) is 2.33. The quantitative estimate of drug-likeness (QED) is 0.719. The number of rotatable bonds is 2. The molecule has 0 radical (unpaired) electrons. The number of hydrogen-bond acceptors (Lipinski definition) is 1. The minimum absolute atomic E-state index is 0.180. The molecule has 0 atom stereocenters. The first kappa shape index (κ1) is 9.30. The third kappa shape index (κ3) is 1.52. The highest BCUT2D eigenvalue weighted by Crippen LogP contribution is 2.24. The van der Waals surface area contributed by atoms with Gasteiger partial charge in [0.2, 0.25) is 0 Å². The lowest BCUT2D eigenvalue weighted by molar-refractivity contribution is 0.476. The van der Waals surface area contributed by atoms with E-state index in [9.17, 15) is 0 Å². The van der Waals surface area contributed by atoms with Gasteiger partial charge in [-0.15, -0.1) is 0 Å². The molecule has 0 aliphatic carbocycles. The van der Waals surface area contributed by atoms with Gasteiger partial charge >= 0.3 is 0 Å². The molecule has 0 bridgehead atoms. The Morgan fingerprint density at radius 3 is 2.25 bits per heavy atom. The van der Waals surface area contributed by atoms with Gasteiger partial charge in [0.25, 0.3) is 0 Å². The SMILES string of the molecule is CCC(C)(C)c1nc(C)c(C)[nH]1. The summed E-state index contributed by atoms with van der Waals surface area (Å²) in [5.74, 6) is 1.11. The third-order valence-electron chi connectivity index (χ3n) is 2.65. The number of imidazole rings is 1. The first-order chi connectivity index (χ1) is 5.47. The maximum atomic E-state index is 4.50. The van der Waals surface area contributed by atoms with Gasteiger partial charge in [0.1, 0.15) is 5.82 Å². The predicted octanol–water partition coefficient (Wildman–Crippen LogP) is 2.71. The average molecular weight is 166 g/mol.